The van der Waals surface area contributed by atoms with E-state index in [4.69, 9.17) is 19.9 Å². The van der Waals surface area contributed by atoms with E-state index in [0.29, 0.717) is 6.10 Å². The molecular formula is C15H22BrNO3. The first-order valence-electron chi connectivity index (χ1n) is 6.95. The summed E-state index contributed by atoms with van der Waals surface area (Å²) in [7, 11) is 3.28. The Bertz CT molecular complexity index is 447. The minimum atomic E-state index is -0.0589. The number of benzene rings is 1. The van der Waals surface area contributed by atoms with E-state index >= 15 is 0 Å². The van der Waals surface area contributed by atoms with Crippen LogP contribution in [0.3, 0.4) is 0 Å². The van der Waals surface area contributed by atoms with E-state index in [9.17, 15) is 0 Å². The van der Waals surface area contributed by atoms with Crippen LogP contribution in [0.2, 0.25) is 0 Å². The van der Waals surface area contributed by atoms with E-state index in [1.165, 1.54) is 0 Å². The highest BCUT2D eigenvalue weighted by Gasteiger charge is 2.21. The van der Waals surface area contributed by atoms with Gasteiger partial charge in [0.05, 0.1) is 20.3 Å². The van der Waals surface area contributed by atoms with Crippen LogP contribution in [-0.2, 0) is 4.74 Å². The third kappa shape index (κ3) is 3.45. The summed E-state index contributed by atoms with van der Waals surface area (Å²) in [5.41, 5.74) is 7.31. The molecule has 20 heavy (non-hydrogen) atoms. The van der Waals surface area contributed by atoms with Crippen LogP contribution in [0.25, 0.3) is 0 Å². The van der Waals surface area contributed by atoms with Crippen molar-refractivity contribution >= 4 is 15.9 Å². The third-order valence-corrected chi connectivity index (χ3v) is 4.49. The van der Waals surface area contributed by atoms with E-state index in [2.05, 4.69) is 15.9 Å². The minimum Gasteiger partial charge on any atom is -0.495 e. The molecule has 5 heteroatoms. The summed E-state index contributed by atoms with van der Waals surface area (Å²) >= 11 is 3.51. The number of nitrogens with two attached hydrogens (primary N) is 1. The normalized spacial score (nSPS) is 19.9. The zero-order valence-electron chi connectivity index (χ0n) is 12.0. The molecule has 0 amide bonds. The van der Waals surface area contributed by atoms with Gasteiger partial charge in [0.15, 0.2) is 0 Å². The van der Waals surface area contributed by atoms with Crippen LogP contribution in [0.1, 0.15) is 37.3 Å². The quantitative estimate of drug-likeness (QED) is 0.859. The Morgan fingerprint density at radius 3 is 2.80 bits per heavy atom. The van der Waals surface area contributed by atoms with Gasteiger partial charge in [-0.25, -0.2) is 0 Å². The van der Waals surface area contributed by atoms with Gasteiger partial charge in [-0.3, -0.25) is 0 Å². The lowest BCUT2D eigenvalue weighted by Crippen LogP contribution is -2.15. The molecule has 0 aliphatic carbocycles. The standard InChI is InChI=1S/C15H22BrNO3/c1-18-13-8-6-11(15(19-2)14(13)16)12(17)7-5-10-4-3-9-20-10/h6,8,10,12H,3-5,7,9,17H2,1-2H3. The molecule has 1 aromatic rings. The molecule has 0 aromatic heterocycles. The smallest absolute Gasteiger partial charge is 0.141 e. The summed E-state index contributed by atoms with van der Waals surface area (Å²) in [6.07, 6.45) is 4.56. The Labute approximate surface area is 128 Å². The molecule has 0 bridgehead atoms. The predicted octanol–water partition coefficient (Wildman–Crippen LogP) is 3.43. The van der Waals surface area contributed by atoms with Crippen LogP contribution in [0.5, 0.6) is 11.5 Å². The van der Waals surface area contributed by atoms with Crippen LogP contribution in [-0.4, -0.2) is 26.9 Å². The molecule has 1 aliphatic heterocycles. The Morgan fingerprint density at radius 1 is 1.40 bits per heavy atom. The van der Waals surface area contributed by atoms with Crippen LogP contribution in [0.15, 0.2) is 16.6 Å². The van der Waals surface area contributed by atoms with Gasteiger partial charge in [-0.15, -0.1) is 0 Å². The van der Waals surface area contributed by atoms with Crippen molar-refractivity contribution in [1.29, 1.82) is 0 Å². The summed E-state index contributed by atoms with van der Waals surface area (Å²) in [6, 6.07) is 3.83. The van der Waals surface area contributed by atoms with Gasteiger partial charge in [-0.2, -0.15) is 0 Å². The van der Waals surface area contributed by atoms with Crippen molar-refractivity contribution in [2.75, 3.05) is 20.8 Å². The molecule has 2 atom stereocenters. The monoisotopic (exact) mass is 343 g/mol. The zero-order valence-corrected chi connectivity index (χ0v) is 13.6. The van der Waals surface area contributed by atoms with Gasteiger partial charge < -0.3 is 19.9 Å². The number of hydrogen-bond acceptors (Lipinski definition) is 4. The van der Waals surface area contributed by atoms with Gasteiger partial charge in [0.1, 0.15) is 16.0 Å². The van der Waals surface area contributed by atoms with Gasteiger partial charge in [0.25, 0.3) is 0 Å². The van der Waals surface area contributed by atoms with Crippen molar-refractivity contribution in [3.63, 3.8) is 0 Å². The van der Waals surface area contributed by atoms with E-state index in [-0.39, 0.29) is 6.04 Å². The fraction of sp³-hybridized carbons (Fsp3) is 0.600. The molecule has 0 spiro atoms. The summed E-state index contributed by atoms with van der Waals surface area (Å²) in [5, 5.41) is 0. The lowest BCUT2D eigenvalue weighted by Gasteiger charge is -2.19. The first kappa shape index (κ1) is 15.6. The Balaban J connectivity index is 2.08. The zero-order chi connectivity index (χ0) is 14.5. The van der Waals surface area contributed by atoms with Gasteiger partial charge in [-0.05, 0) is 53.7 Å². The van der Waals surface area contributed by atoms with Gasteiger partial charge >= 0.3 is 0 Å². The molecule has 1 fully saturated rings. The van der Waals surface area contributed by atoms with Gasteiger partial charge in [-0.1, -0.05) is 0 Å². The largest absolute Gasteiger partial charge is 0.495 e. The topological polar surface area (TPSA) is 53.7 Å². The van der Waals surface area contributed by atoms with Crippen LogP contribution >= 0.6 is 15.9 Å². The maximum Gasteiger partial charge on any atom is 0.141 e. The molecule has 0 radical (unpaired) electrons. The predicted molar refractivity (Wildman–Crippen MR) is 82.4 cm³/mol. The molecule has 1 aromatic carbocycles. The fourth-order valence-corrected chi connectivity index (χ4v) is 3.29. The van der Waals surface area contributed by atoms with Crippen LogP contribution in [0.4, 0.5) is 0 Å². The van der Waals surface area contributed by atoms with Crippen molar-refractivity contribution in [3.8, 4) is 11.5 Å². The molecule has 4 nitrogen and oxygen atoms in total. The molecule has 1 heterocycles. The molecule has 1 aliphatic rings. The molecule has 2 unspecified atom stereocenters. The highest BCUT2D eigenvalue weighted by Crippen LogP contribution is 2.40. The van der Waals surface area contributed by atoms with Crippen molar-refractivity contribution in [1.82, 2.24) is 0 Å². The van der Waals surface area contributed by atoms with Gasteiger partial charge in [0, 0.05) is 18.2 Å². The molecule has 0 saturated carbocycles. The molecule has 2 rings (SSSR count). The molecule has 112 valence electrons. The third-order valence-electron chi connectivity index (χ3n) is 3.74. The summed E-state index contributed by atoms with van der Waals surface area (Å²) in [4.78, 5) is 0. The molecular weight excluding hydrogens is 322 g/mol. The first-order valence-corrected chi connectivity index (χ1v) is 7.74. The summed E-state index contributed by atoms with van der Waals surface area (Å²) in [5.74, 6) is 1.50. The number of rotatable bonds is 6. The second-order valence-electron chi connectivity index (χ2n) is 5.02. The van der Waals surface area contributed by atoms with E-state index in [1.807, 2.05) is 12.1 Å². The highest BCUT2D eigenvalue weighted by atomic mass is 79.9. The molecule has 1 saturated heterocycles. The fourth-order valence-electron chi connectivity index (χ4n) is 2.60. The second kappa shape index (κ2) is 7.29. The van der Waals surface area contributed by atoms with Crippen LogP contribution < -0.4 is 15.2 Å². The Hall–Kier alpha value is -0.780. The molecule has 2 N–H and O–H groups in total. The number of hydrogen-bond donors (Lipinski definition) is 1. The number of ether oxygens (including phenoxy) is 3. The maximum atomic E-state index is 6.31. The maximum absolute atomic E-state index is 6.31. The Kier molecular flexibility index (Phi) is 5.69. The number of halogens is 1. The minimum absolute atomic E-state index is 0.0589. The van der Waals surface area contributed by atoms with E-state index in [0.717, 1.165) is 53.8 Å². The second-order valence-corrected chi connectivity index (χ2v) is 5.82. The average Bonchev–Trinajstić information content (AvgIpc) is 2.97. The average molecular weight is 344 g/mol. The van der Waals surface area contributed by atoms with Crippen molar-refractivity contribution in [3.05, 3.63) is 22.2 Å². The van der Waals surface area contributed by atoms with Crippen LogP contribution in [0, 0.1) is 0 Å². The number of methoxy groups -OCH3 is 2. The summed E-state index contributed by atoms with van der Waals surface area (Å²) in [6.45, 7) is 0.886. The lowest BCUT2D eigenvalue weighted by molar-refractivity contribution is 0.101. The van der Waals surface area contributed by atoms with Crippen molar-refractivity contribution in [2.24, 2.45) is 5.73 Å². The van der Waals surface area contributed by atoms with E-state index < -0.39 is 0 Å². The Morgan fingerprint density at radius 2 is 2.20 bits per heavy atom. The summed E-state index contributed by atoms with van der Waals surface area (Å²) < 4.78 is 17.2. The SMILES string of the molecule is COc1ccc(C(N)CCC2CCCO2)c(OC)c1Br. The van der Waals surface area contributed by atoms with Gasteiger partial charge in [0.2, 0.25) is 0 Å². The van der Waals surface area contributed by atoms with Crippen molar-refractivity contribution in [2.45, 2.75) is 37.8 Å². The first-order chi connectivity index (χ1) is 9.67. The highest BCUT2D eigenvalue weighted by molar-refractivity contribution is 9.10. The van der Waals surface area contributed by atoms with E-state index in [1.54, 1.807) is 14.2 Å². The lowest BCUT2D eigenvalue weighted by atomic mass is 9.99. The van der Waals surface area contributed by atoms with Crippen molar-refractivity contribution < 1.29 is 14.2 Å².